The summed E-state index contributed by atoms with van der Waals surface area (Å²) in [5.41, 5.74) is 1.47. The van der Waals surface area contributed by atoms with Crippen molar-refractivity contribution >= 4 is 12.0 Å². The second-order valence-corrected chi connectivity index (χ2v) is 3.79. The number of carbonyl (C=O) groups is 1. The SMILES string of the molecule is Cc1ncccc1Oc1ccc(/C=C/C(=O)O)cn1. The largest absolute Gasteiger partial charge is 0.478 e. The molecule has 0 aromatic carbocycles. The number of carboxylic acid groups (broad SMARTS) is 1. The Bertz CT molecular complexity index is 606. The van der Waals surface area contributed by atoms with Crippen molar-refractivity contribution in [1.29, 1.82) is 0 Å². The average molecular weight is 256 g/mol. The molecule has 0 bridgehead atoms. The van der Waals surface area contributed by atoms with E-state index in [9.17, 15) is 4.79 Å². The lowest BCUT2D eigenvalue weighted by Gasteiger charge is -2.06. The Labute approximate surface area is 110 Å². The molecule has 5 nitrogen and oxygen atoms in total. The van der Waals surface area contributed by atoms with Crippen LogP contribution in [0, 0.1) is 6.92 Å². The topological polar surface area (TPSA) is 72.3 Å². The molecule has 0 unspecified atom stereocenters. The number of ether oxygens (including phenoxy) is 1. The van der Waals surface area contributed by atoms with Gasteiger partial charge in [0.05, 0.1) is 5.69 Å². The molecule has 0 saturated carbocycles. The molecular weight excluding hydrogens is 244 g/mol. The van der Waals surface area contributed by atoms with Crippen LogP contribution >= 0.6 is 0 Å². The van der Waals surface area contributed by atoms with E-state index in [-0.39, 0.29) is 0 Å². The fourth-order valence-corrected chi connectivity index (χ4v) is 1.41. The van der Waals surface area contributed by atoms with Gasteiger partial charge in [-0.2, -0.15) is 0 Å². The Hall–Kier alpha value is -2.69. The van der Waals surface area contributed by atoms with E-state index < -0.39 is 5.97 Å². The van der Waals surface area contributed by atoms with Crippen LogP contribution in [0.15, 0.2) is 42.7 Å². The molecule has 2 heterocycles. The normalized spacial score (nSPS) is 10.6. The molecule has 5 heteroatoms. The number of aliphatic carboxylic acids is 1. The predicted octanol–water partition coefficient (Wildman–Crippen LogP) is 2.68. The van der Waals surface area contributed by atoms with Crippen molar-refractivity contribution in [3.05, 3.63) is 54.0 Å². The molecule has 0 amide bonds. The quantitative estimate of drug-likeness (QED) is 0.851. The number of pyridine rings is 2. The molecule has 0 aliphatic heterocycles. The molecule has 96 valence electrons. The maximum absolute atomic E-state index is 10.4. The zero-order valence-corrected chi connectivity index (χ0v) is 10.3. The summed E-state index contributed by atoms with van der Waals surface area (Å²) in [5.74, 6) is 0.0821. The third-order valence-electron chi connectivity index (χ3n) is 2.35. The molecule has 2 aromatic heterocycles. The van der Waals surface area contributed by atoms with Crippen LogP contribution in [0.2, 0.25) is 0 Å². The summed E-state index contributed by atoms with van der Waals surface area (Å²) in [6.45, 7) is 1.85. The lowest BCUT2D eigenvalue weighted by Crippen LogP contribution is -1.92. The van der Waals surface area contributed by atoms with Crippen LogP contribution in [-0.4, -0.2) is 21.0 Å². The fourth-order valence-electron chi connectivity index (χ4n) is 1.41. The standard InChI is InChI=1S/C14H12N2O3/c1-10-12(3-2-8-15-10)19-13-6-4-11(9-16-13)5-7-14(17)18/h2-9H,1H3,(H,17,18)/b7-5+. The Balaban J connectivity index is 2.11. The summed E-state index contributed by atoms with van der Waals surface area (Å²) in [4.78, 5) is 18.6. The van der Waals surface area contributed by atoms with Crippen LogP contribution in [0.3, 0.4) is 0 Å². The number of rotatable bonds is 4. The van der Waals surface area contributed by atoms with Crippen LogP contribution < -0.4 is 4.74 Å². The van der Waals surface area contributed by atoms with Gasteiger partial charge in [0.2, 0.25) is 5.88 Å². The highest BCUT2D eigenvalue weighted by Crippen LogP contribution is 2.21. The molecule has 0 radical (unpaired) electrons. The van der Waals surface area contributed by atoms with Crippen molar-refractivity contribution in [3.8, 4) is 11.6 Å². The molecule has 2 aromatic rings. The number of hydrogen-bond donors (Lipinski definition) is 1. The van der Waals surface area contributed by atoms with Crippen molar-refractivity contribution in [2.45, 2.75) is 6.92 Å². The summed E-state index contributed by atoms with van der Waals surface area (Å²) >= 11 is 0. The van der Waals surface area contributed by atoms with Crippen molar-refractivity contribution in [1.82, 2.24) is 9.97 Å². The van der Waals surface area contributed by atoms with Gasteiger partial charge < -0.3 is 9.84 Å². The Kier molecular flexibility index (Phi) is 3.87. The lowest BCUT2D eigenvalue weighted by atomic mass is 10.2. The number of aryl methyl sites for hydroxylation is 1. The number of hydrogen-bond acceptors (Lipinski definition) is 4. The fraction of sp³-hybridized carbons (Fsp3) is 0.0714. The molecular formula is C14H12N2O3. The molecule has 0 saturated heterocycles. The molecule has 0 atom stereocenters. The van der Waals surface area contributed by atoms with Gasteiger partial charge in [-0.25, -0.2) is 9.78 Å². The summed E-state index contributed by atoms with van der Waals surface area (Å²) < 4.78 is 5.58. The second kappa shape index (κ2) is 5.77. The number of nitrogens with zero attached hydrogens (tertiary/aromatic N) is 2. The first kappa shape index (κ1) is 12.8. The maximum atomic E-state index is 10.4. The van der Waals surface area contributed by atoms with E-state index in [4.69, 9.17) is 9.84 Å². The minimum Gasteiger partial charge on any atom is -0.478 e. The molecule has 0 fully saturated rings. The molecule has 2 rings (SSSR count). The number of carboxylic acids is 1. The van der Waals surface area contributed by atoms with E-state index in [0.29, 0.717) is 17.2 Å². The summed E-state index contributed by atoms with van der Waals surface area (Å²) in [7, 11) is 0. The zero-order chi connectivity index (χ0) is 13.7. The zero-order valence-electron chi connectivity index (χ0n) is 10.3. The van der Waals surface area contributed by atoms with Crippen molar-refractivity contribution in [2.75, 3.05) is 0 Å². The van der Waals surface area contributed by atoms with Gasteiger partial charge in [0.1, 0.15) is 0 Å². The van der Waals surface area contributed by atoms with Crippen LogP contribution in [0.1, 0.15) is 11.3 Å². The van der Waals surface area contributed by atoms with Gasteiger partial charge in [0, 0.05) is 24.5 Å². The van der Waals surface area contributed by atoms with Crippen LogP contribution in [0.4, 0.5) is 0 Å². The maximum Gasteiger partial charge on any atom is 0.328 e. The van der Waals surface area contributed by atoms with Crippen molar-refractivity contribution in [3.63, 3.8) is 0 Å². The van der Waals surface area contributed by atoms with Gasteiger partial charge in [-0.1, -0.05) is 0 Å². The monoisotopic (exact) mass is 256 g/mol. The van der Waals surface area contributed by atoms with Crippen LogP contribution in [-0.2, 0) is 4.79 Å². The van der Waals surface area contributed by atoms with Gasteiger partial charge in [-0.3, -0.25) is 4.98 Å². The average Bonchev–Trinajstić information content (AvgIpc) is 2.40. The Morgan fingerprint density at radius 1 is 1.32 bits per heavy atom. The van der Waals surface area contributed by atoms with Crippen LogP contribution in [0.5, 0.6) is 11.6 Å². The van der Waals surface area contributed by atoms with Gasteiger partial charge in [-0.05, 0) is 36.8 Å². The first-order valence-corrected chi connectivity index (χ1v) is 5.61. The van der Waals surface area contributed by atoms with E-state index in [1.54, 1.807) is 30.6 Å². The molecule has 19 heavy (non-hydrogen) atoms. The predicted molar refractivity (Wildman–Crippen MR) is 70.0 cm³/mol. The Morgan fingerprint density at radius 2 is 2.16 bits per heavy atom. The Morgan fingerprint density at radius 3 is 2.79 bits per heavy atom. The smallest absolute Gasteiger partial charge is 0.328 e. The molecule has 0 spiro atoms. The minimum absolute atomic E-state index is 0.434. The first-order chi connectivity index (χ1) is 9.15. The lowest BCUT2D eigenvalue weighted by molar-refractivity contribution is -0.131. The van der Waals surface area contributed by atoms with Crippen molar-refractivity contribution in [2.24, 2.45) is 0 Å². The third-order valence-corrected chi connectivity index (χ3v) is 2.35. The first-order valence-electron chi connectivity index (χ1n) is 5.61. The minimum atomic E-state index is -0.994. The van der Waals surface area contributed by atoms with Gasteiger partial charge in [0.15, 0.2) is 5.75 Å². The van der Waals surface area contributed by atoms with E-state index in [0.717, 1.165) is 11.8 Å². The van der Waals surface area contributed by atoms with Gasteiger partial charge in [0.25, 0.3) is 0 Å². The highest BCUT2D eigenvalue weighted by Gasteiger charge is 2.02. The van der Waals surface area contributed by atoms with E-state index in [1.165, 1.54) is 6.08 Å². The summed E-state index contributed by atoms with van der Waals surface area (Å²) in [5, 5.41) is 8.52. The summed E-state index contributed by atoms with van der Waals surface area (Å²) in [6, 6.07) is 7.00. The highest BCUT2D eigenvalue weighted by molar-refractivity contribution is 5.85. The second-order valence-electron chi connectivity index (χ2n) is 3.79. The highest BCUT2D eigenvalue weighted by atomic mass is 16.5. The molecule has 1 N–H and O–H groups in total. The van der Waals surface area contributed by atoms with Gasteiger partial charge >= 0.3 is 5.97 Å². The van der Waals surface area contributed by atoms with Gasteiger partial charge in [-0.15, -0.1) is 0 Å². The van der Waals surface area contributed by atoms with E-state index >= 15 is 0 Å². The molecule has 0 aliphatic carbocycles. The summed E-state index contributed by atoms with van der Waals surface area (Å²) in [6.07, 6.45) is 5.76. The van der Waals surface area contributed by atoms with Crippen molar-refractivity contribution < 1.29 is 14.6 Å². The third kappa shape index (κ3) is 3.64. The number of aromatic nitrogens is 2. The molecule has 0 aliphatic rings. The van der Waals surface area contributed by atoms with E-state index in [2.05, 4.69) is 9.97 Å². The van der Waals surface area contributed by atoms with Crippen LogP contribution in [0.25, 0.3) is 6.08 Å². The van der Waals surface area contributed by atoms with E-state index in [1.807, 2.05) is 13.0 Å².